The molecule has 2 heterocycles. The summed E-state index contributed by atoms with van der Waals surface area (Å²) in [4.78, 5) is 2.31. The minimum atomic E-state index is 0.115. The van der Waals surface area contributed by atoms with Crippen molar-refractivity contribution in [2.45, 2.75) is 51.6 Å². The summed E-state index contributed by atoms with van der Waals surface area (Å²) < 4.78 is 16.6. The van der Waals surface area contributed by atoms with Gasteiger partial charge < -0.3 is 19.2 Å². The second-order valence-electron chi connectivity index (χ2n) is 6.77. The van der Waals surface area contributed by atoms with Crippen LogP contribution in [0, 0.1) is 0 Å². The Bertz CT molecular complexity index is 427. The Morgan fingerprint density at radius 3 is 2.38 bits per heavy atom. The molecule has 0 saturated carbocycles. The predicted octanol–water partition coefficient (Wildman–Crippen LogP) is 2.01. The smallest absolute Gasteiger partial charge is 0.118 e. The number of nitrogens with one attached hydrogen (secondary N) is 1. The summed E-state index contributed by atoms with van der Waals surface area (Å²) in [6.07, 6.45) is 2.13. The number of hydrogen-bond acceptors (Lipinski definition) is 5. The van der Waals surface area contributed by atoms with Gasteiger partial charge in [0.05, 0.1) is 25.0 Å². The summed E-state index contributed by atoms with van der Waals surface area (Å²) in [6.45, 7) is 9.87. The number of ether oxygens (including phenoxy) is 2. The van der Waals surface area contributed by atoms with Crippen molar-refractivity contribution in [1.29, 1.82) is 0 Å². The minimum absolute atomic E-state index is 0.115. The van der Waals surface area contributed by atoms with Gasteiger partial charge in [0.2, 0.25) is 0 Å². The Labute approximate surface area is 127 Å². The van der Waals surface area contributed by atoms with Crippen LogP contribution in [0.15, 0.2) is 16.7 Å². The van der Waals surface area contributed by atoms with Gasteiger partial charge in [-0.05, 0) is 26.8 Å². The van der Waals surface area contributed by atoms with Crippen molar-refractivity contribution >= 4 is 0 Å². The van der Waals surface area contributed by atoms with Crippen LogP contribution in [0.4, 0.5) is 0 Å². The highest BCUT2D eigenvalue weighted by Gasteiger charge is 2.33. The van der Waals surface area contributed by atoms with E-state index >= 15 is 0 Å². The average Bonchev–Trinajstić information content (AvgIpc) is 3.02. The van der Waals surface area contributed by atoms with Crippen molar-refractivity contribution in [3.05, 3.63) is 23.7 Å². The fourth-order valence-electron chi connectivity index (χ4n) is 2.59. The molecule has 2 atom stereocenters. The van der Waals surface area contributed by atoms with Gasteiger partial charge in [-0.1, -0.05) is 0 Å². The van der Waals surface area contributed by atoms with Crippen molar-refractivity contribution < 1.29 is 13.9 Å². The first kappa shape index (κ1) is 16.5. The topological polar surface area (TPSA) is 46.9 Å². The molecule has 120 valence electrons. The lowest BCUT2D eigenvalue weighted by atomic mass is 10.1. The molecule has 1 aliphatic rings. The summed E-state index contributed by atoms with van der Waals surface area (Å²) in [5.74, 6) is 0.993. The number of likely N-dealkylation sites (tertiary alicyclic amines) is 1. The molecular formula is C16H28N2O3. The first-order valence-electron chi connectivity index (χ1n) is 7.50. The highest BCUT2D eigenvalue weighted by atomic mass is 16.5. The third-order valence-electron chi connectivity index (χ3n) is 3.81. The molecule has 2 unspecified atom stereocenters. The van der Waals surface area contributed by atoms with E-state index in [2.05, 4.69) is 37.1 Å². The summed E-state index contributed by atoms with van der Waals surface area (Å²) in [7, 11) is 3.48. The van der Waals surface area contributed by atoms with Crippen molar-refractivity contribution in [2.24, 2.45) is 0 Å². The van der Waals surface area contributed by atoms with Crippen molar-refractivity contribution in [2.75, 3.05) is 27.3 Å². The van der Waals surface area contributed by atoms with Gasteiger partial charge in [0, 0.05) is 45.0 Å². The molecule has 5 heteroatoms. The van der Waals surface area contributed by atoms with Gasteiger partial charge in [0.25, 0.3) is 0 Å². The van der Waals surface area contributed by atoms with Crippen LogP contribution >= 0.6 is 0 Å². The van der Waals surface area contributed by atoms with E-state index in [0.717, 1.165) is 31.9 Å². The first-order chi connectivity index (χ1) is 9.91. The third-order valence-corrected chi connectivity index (χ3v) is 3.81. The Morgan fingerprint density at radius 2 is 1.86 bits per heavy atom. The van der Waals surface area contributed by atoms with Gasteiger partial charge in [0.1, 0.15) is 5.76 Å². The third kappa shape index (κ3) is 4.81. The van der Waals surface area contributed by atoms with E-state index in [-0.39, 0.29) is 17.7 Å². The molecule has 0 aromatic carbocycles. The molecular weight excluding hydrogens is 268 g/mol. The molecule has 0 bridgehead atoms. The Hall–Kier alpha value is -0.880. The normalized spacial score (nSPS) is 23.9. The van der Waals surface area contributed by atoms with Gasteiger partial charge in [-0.25, -0.2) is 0 Å². The zero-order valence-corrected chi connectivity index (χ0v) is 13.8. The Balaban J connectivity index is 1.85. The van der Waals surface area contributed by atoms with Crippen molar-refractivity contribution in [1.82, 2.24) is 10.2 Å². The molecule has 0 radical (unpaired) electrons. The molecule has 2 rings (SSSR count). The molecule has 1 N–H and O–H groups in total. The van der Waals surface area contributed by atoms with E-state index in [9.17, 15) is 0 Å². The van der Waals surface area contributed by atoms with Gasteiger partial charge >= 0.3 is 0 Å². The van der Waals surface area contributed by atoms with Crippen LogP contribution < -0.4 is 5.32 Å². The monoisotopic (exact) mass is 296 g/mol. The summed E-state index contributed by atoms with van der Waals surface area (Å²) in [6, 6.07) is 2.13. The van der Waals surface area contributed by atoms with Gasteiger partial charge in [-0.3, -0.25) is 4.90 Å². The van der Waals surface area contributed by atoms with Gasteiger partial charge in [-0.15, -0.1) is 0 Å². The van der Waals surface area contributed by atoms with Gasteiger partial charge in [-0.2, -0.15) is 0 Å². The largest absolute Gasteiger partial charge is 0.468 e. The zero-order valence-electron chi connectivity index (χ0n) is 13.8. The van der Waals surface area contributed by atoms with Crippen LogP contribution in [0.3, 0.4) is 0 Å². The number of furan rings is 1. The number of rotatable bonds is 6. The summed E-state index contributed by atoms with van der Waals surface area (Å²) >= 11 is 0. The molecule has 0 spiro atoms. The van der Waals surface area contributed by atoms with Crippen LogP contribution in [0.5, 0.6) is 0 Å². The summed E-state index contributed by atoms with van der Waals surface area (Å²) in [5.41, 5.74) is 1.30. The molecule has 21 heavy (non-hydrogen) atoms. The fourth-order valence-corrected chi connectivity index (χ4v) is 2.59. The van der Waals surface area contributed by atoms with Crippen LogP contribution in [-0.2, 0) is 22.6 Å². The maximum absolute atomic E-state index is 5.67. The van der Waals surface area contributed by atoms with Gasteiger partial charge in [0.15, 0.2) is 0 Å². The Morgan fingerprint density at radius 1 is 1.24 bits per heavy atom. The molecule has 1 aromatic rings. The minimum Gasteiger partial charge on any atom is -0.468 e. The Kier molecular flexibility index (Phi) is 5.43. The average molecular weight is 296 g/mol. The van der Waals surface area contributed by atoms with E-state index in [1.807, 2.05) is 6.26 Å². The molecule has 5 nitrogen and oxygen atoms in total. The number of nitrogens with zero attached hydrogens (tertiary/aromatic N) is 1. The van der Waals surface area contributed by atoms with Crippen molar-refractivity contribution in [3.63, 3.8) is 0 Å². The van der Waals surface area contributed by atoms with E-state index in [0.29, 0.717) is 0 Å². The summed E-state index contributed by atoms with van der Waals surface area (Å²) in [5, 5.41) is 3.46. The SMILES string of the molecule is COC1CN(Cc2cc(CNC(C)(C)C)co2)CC1OC. The van der Waals surface area contributed by atoms with E-state index < -0.39 is 0 Å². The fraction of sp³-hybridized carbons (Fsp3) is 0.750. The van der Waals surface area contributed by atoms with Crippen LogP contribution in [0.2, 0.25) is 0 Å². The maximum Gasteiger partial charge on any atom is 0.118 e. The zero-order chi connectivity index (χ0) is 15.5. The molecule has 1 fully saturated rings. The molecule has 0 amide bonds. The predicted molar refractivity (Wildman–Crippen MR) is 82.2 cm³/mol. The first-order valence-corrected chi connectivity index (χ1v) is 7.50. The molecule has 0 aliphatic carbocycles. The highest BCUT2D eigenvalue weighted by Crippen LogP contribution is 2.19. The van der Waals surface area contributed by atoms with Crippen LogP contribution in [0.25, 0.3) is 0 Å². The second kappa shape index (κ2) is 6.92. The standard InChI is InChI=1S/C16H28N2O3/c1-16(2,3)17-7-12-6-13(21-11-12)8-18-9-14(19-4)15(10-18)20-5/h6,11,14-15,17H,7-10H2,1-5H3. The lowest BCUT2D eigenvalue weighted by molar-refractivity contribution is -0.00461. The second-order valence-corrected chi connectivity index (χ2v) is 6.77. The molecule has 1 aromatic heterocycles. The lowest BCUT2D eigenvalue weighted by Gasteiger charge is -2.19. The van der Waals surface area contributed by atoms with E-state index in [4.69, 9.17) is 13.9 Å². The van der Waals surface area contributed by atoms with Crippen LogP contribution in [0.1, 0.15) is 32.1 Å². The number of methoxy groups -OCH3 is 2. The van der Waals surface area contributed by atoms with E-state index in [1.165, 1.54) is 5.56 Å². The quantitative estimate of drug-likeness (QED) is 0.870. The van der Waals surface area contributed by atoms with Crippen molar-refractivity contribution in [3.8, 4) is 0 Å². The molecule has 1 saturated heterocycles. The van der Waals surface area contributed by atoms with E-state index in [1.54, 1.807) is 14.2 Å². The number of hydrogen-bond donors (Lipinski definition) is 1. The lowest BCUT2D eigenvalue weighted by Crippen LogP contribution is -2.34. The highest BCUT2D eigenvalue weighted by molar-refractivity contribution is 5.13. The maximum atomic E-state index is 5.67. The molecule has 1 aliphatic heterocycles. The van der Waals surface area contributed by atoms with Crippen LogP contribution in [-0.4, -0.2) is 50.0 Å².